The van der Waals surface area contributed by atoms with E-state index < -0.39 is 0 Å². The summed E-state index contributed by atoms with van der Waals surface area (Å²) >= 11 is 0. The molecule has 0 fully saturated rings. The Morgan fingerprint density at radius 3 is 2.63 bits per heavy atom. The Bertz CT molecular complexity index is 979. The molecule has 1 amide bonds. The van der Waals surface area contributed by atoms with Gasteiger partial charge in [-0.2, -0.15) is 10.4 Å². The Kier molecular flexibility index (Phi) is 5.31. The third-order valence-corrected chi connectivity index (χ3v) is 3.97. The van der Waals surface area contributed by atoms with Gasteiger partial charge in [-0.1, -0.05) is 13.8 Å². The van der Waals surface area contributed by atoms with Crippen molar-refractivity contribution in [1.82, 2.24) is 25.3 Å². The van der Waals surface area contributed by atoms with E-state index in [-0.39, 0.29) is 18.2 Å². The predicted molar refractivity (Wildman–Crippen MR) is 98.2 cm³/mol. The second-order valence-electron chi connectivity index (χ2n) is 6.36. The molecule has 0 bridgehead atoms. The second kappa shape index (κ2) is 7.83. The number of hydrogen-bond donors (Lipinski definition) is 1. The van der Waals surface area contributed by atoms with Crippen molar-refractivity contribution >= 4 is 5.91 Å². The number of carbonyl (C=O) groups excluding carboxylic acids is 1. The van der Waals surface area contributed by atoms with Crippen molar-refractivity contribution < 1.29 is 9.21 Å². The summed E-state index contributed by atoms with van der Waals surface area (Å²) in [4.78, 5) is 12.1. The van der Waals surface area contributed by atoms with Gasteiger partial charge in [-0.25, -0.2) is 4.68 Å². The summed E-state index contributed by atoms with van der Waals surface area (Å²) in [7, 11) is 0. The highest BCUT2D eigenvalue weighted by Gasteiger charge is 2.17. The lowest BCUT2D eigenvalue weighted by Gasteiger charge is -2.10. The van der Waals surface area contributed by atoms with E-state index in [1.54, 1.807) is 19.1 Å². The van der Waals surface area contributed by atoms with E-state index in [2.05, 4.69) is 34.5 Å². The number of hydrogen-bond acceptors (Lipinski definition) is 6. The summed E-state index contributed by atoms with van der Waals surface area (Å²) in [6, 6.07) is 11.1. The minimum absolute atomic E-state index is 0.205. The Labute approximate surface area is 156 Å². The van der Waals surface area contributed by atoms with E-state index in [0.29, 0.717) is 29.6 Å². The van der Waals surface area contributed by atoms with Crippen LogP contribution in [-0.4, -0.2) is 32.4 Å². The fraction of sp³-hybridized carbons (Fsp3) is 0.316. The summed E-state index contributed by atoms with van der Waals surface area (Å²) in [6.45, 7) is 6.22. The smallest absolute Gasteiger partial charge is 0.268 e. The lowest BCUT2D eigenvalue weighted by Crippen LogP contribution is -2.24. The number of aromatic nitrogens is 4. The molecular weight excluding hydrogens is 344 g/mol. The molecule has 27 heavy (non-hydrogen) atoms. The average molecular weight is 364 g/mol. The van der Waals surface area contributed by atoms with Crippen LogP contribution in [0.25, 0.3) is 17.3 Å². The molecule has 0 radical (unpaired) electrons. The average Bonchev–Trinajstić information content (AvgIpc) is 3.28. The van der Waals surface area contributed by atoms with Crippen LogP contribution in [0, 0.1) is 18.3 Å². The fourth-order valence-electron chi connectivity index (χ4n) is 2.61. The van der Waals surface area contributed by atoms with Crippen LogP contribution in [0.4, 0.5) is 0 Å². The molecule has 0 spiro atoms. The summed E-state index contributed by atoms with van der Waals surface area (Å²) in [5.74, 6) is 0.881. The topological polar surface area (TPSA) is 110 Å². The van der Waals surface area contributed by atoms with E-state index in [1.165, 1.54) is 0 Å². The maximum Gasteiger partial charge on any atom is 0.268 e. The van der Waals surface area contributed by atoms with Crippen molar-refractivity contribution in [2.45, 2.75) is 33.1 Å². The van der Waals surface area contributed by atoms with Crippen molar-refractivity contribution in [1.29, 1.82) is 5.26 Å². The van der Waals surface area contributed by atoms with Gasteiger partial charge in [0.25, 0.3) is 11.8 Å². The Morgan fingerprint density at radius 1 is 1.30 bits per heavy atom. The molecule has 0 saturated heterocycles. The SMILES string of the molecule is Cc1nnc(-c2cc(C(C)C)n(-c3ccc(C(=O)NCCC#N)cc3)n2)o1. The standard InChI is InChI=1S/C19H20N6O2/c1-12(2)17-11-16(19-23-22-13(3)27-19)24-25(17)15-7-5-14(6-8-15)18(26)21-10-4-9-20/h5-8,11-12H,4,10H2,1-3H3,(H,21,26). The first-order chi connectivity index (χ1) is 13.0. The normalized spacial score (nSPS) is 10.8. The fourth-order valence-corrected chi connectivity index (χ4v) is 2.61. The van der Waals surface area contributed by atoms with Crippen LogP contribution in [0.1, 0.15) is 48.1 Å². The van der Waals surface area contributed by atoms with Gasteiger partial charge >= 0.3 is 0 Å². The highest BCUT2D eigenvalue weighted by Crippen LogP contribution is 2.25. The number of amides is 1. The molecular formula is C19H20N6O2. The zero-order chi connectivity index (χ0) is 19.4. The largest absolute Gasteiger partial charge is 0.420 e. The van der Waals surface area contributed by atoms with Gasteiger partial charge in [-0.3, -0.25) is 4.79 Å². The number of nitrogens with zero attached hydrogens (tertiary/aromatic N) is 5. The molecule has 3 rings (SSSR count). The lowest BCUT2D eigenvalue weighted by molar-refractivity contribution is 0.0954. The van der Waals surface area contributed by atoms with Gasteiger partial charge in [0.05, 0.1) is 18.2 Å². The van der Waals surface area contributed by atoms with Crippen molar-refractivity contribution in [2.75, 3.05) is 6.54 Å². The highest BCUT2D eigenvalue weighted by molar-refractivity contribution is 5.94. The predicted octanol–water partition coefficient (Wildman–Crippen LogP) is 3.00. The zero-order valence-corrected chi connectivity index (χ0v) is 15.4. The van der Waals surface area contributed by atoms with Crippen molar-refractivity contribution in [3.05, 3.63) is 47.5 Å². The molecule has 8 heteroatoms. The van der Waals surface area contributed by atoms with E-state index in [9.17, 15) is 4.79 Å². The van der Waals surface area contributed by atoms with Gasteiger partial charge in [0.15, 0.2) is 0 Å². The van der Waals surface area contributed by atoms with Gasteiger partial charge in [-0.15, -0.1) is 10.2 Å². The van der Waals surface area contributed by atoms with Gasteiger partial charge < -0.3 is 9.73 Å². The molecule has 0 saturated carbocycles. The first-order valence-corrected chi connectivity index (χ1v) is 8.65. The Morgan fingerprint density at radius 2 is 2.04 bits per heavy atom. The molecule has 2 heterocycles. The molecule has 3 aromatic rings. The van der Waals surface area contributed by atoms with Gasteiger partial charge in [0.1, 0.15) is 5.69 Å². The number of nitriles is 1. The maximum absolute atomic E-state index is 12.1. The van der Waals surface area contributed by atoms with E-state index >= 15 is 0 Å². The van der Waals surface area contributed by atoms with Crippen LogP contribution in [0.3, 0.4) is 0 Å². The molecule has 2 aromatic heterocycles. The number of nitrogens with one attached hydrogen (secondary N) is 1. The monoisotopic (exact) mass is 364 g/mol. The summed E-state index contributed by atoms with van der Waals surface area (Å²) in [5, 5.41) is 23.7. The number of aryl methyl sites for hydroxylation is 1. The highest BCUT2D eigenvalue weighted by atomic mass is 16.4. The molecule has 1 aromatic carbocycles. The number of benzene rings is 1. The molecule has 0 unspecified atom stereocenters. The maximum atomic E-state index is 12.1. The van der Waals surface area contributed by atoms with Crippen LogP contribution < -0.4 is 5.32 Å². The zero-order valence-electron chi connectivity index (χ0n) is 15.4. The Hall–Kier alpha value is -3.47. The second-order valence-corrected chi connectivity index (χ2v) is 6.36. The quantitative estimate of drug-likeness (QED) is 0.673. The molecule has 1 N–H and O–H groups in total. The third kappa shape index (κ3) is 4.03. The van der Waals surface area contributed by atoms with Crippen LogP contribution in [0.15, 0.2) is 34.7 Å². The van der Waals surface area contributed by atoms with Crippen molar-refractivity contribution in [3.8, 4) is 23.3 Å². The summed E-state index contributed by atoms with van der Waals surface area (Å²) < 4.78 is 7.29. The van der Waals surface area contributed by atoms with Crippen LogP contribution in [0.5, 0.6) is 0 Å². The van der Waals surface area contributed by atoms with E-state index in [0.717, 1.165) is 11.4 Å². The van der Waals surface area contributed by atoms with Gasteiger partial charge in [0.2, 0.25) is 5.89 Å². The lowest BCUT2D eigenvalue weighted by atomic mass is 10.1. The summed E-state index contributed by atoms with van der Waals surface area (Å²) in [5.41, 5.74) is 2.96. The number of rotatable bonds is 6. The first-order valence-electron chi connectivity index (χ1n) is 8.65. The van der Waals surface area contributed by atoms with Crippen molar-refractivity contribution in [3.63, 3.8) is 0 Å². The van der Waals surface area contributed by atoms with Gasteiger partial charge in [0, 0.05) is 24.7 Å². The van der Waals surface area contributed by atoms with Crippen LogP contribution in [0.2, 0.25) is 0 Å². The molecule has 0 atom stereocenters. The first kappa shape index (κ1) is 18.3. The van der Waals surface area contributed by atoms with Gasteiger partial charge in [-0.05, 0) is 36.2 Å². The molecule has 138 valence electrons. The minimum atomic E-state index is -0.205. The van der Waals surface area contributed by atoms with E-state index in [1.807, 2.05) is 29.0 Å². The minimum Gasteiger partial charge on any atom is -0.420 e. The number of carbonyl (C=O) groups is 1. The molecule has 0 aliphatic heterocycles. The third-order valence-electron chi connectivity index (χ3n) is 3.97. The Balaban J connectivity index is 1.88. The molecule has 0 aliphatic carbocycles. The van der Waals surface area contributed by atoms with Crippen molar-refractivity contribution in [2.24, 2.45) is 0 Å². The molecule has 8 nitrogen and oxygen atoms in total. The van der Waals surface area contributed by atoms with Crippen LogP contribution in [-0.2, 0) is 0 Å². The molecule has 0 aliphatic rings. The summed E-state index contributed by atoms with van der Waals surface area (Å²) in [6.07, 6.45) is 0.285. The van der Waals surface area contributed by atoms with Crippen LogP contribution >= 0.6 is 0 Å². The van der Waals surface area contributed by atoms with E-state index in [4.69, 9.17) is 9.68 Å².